The number of aromatic nitrogens is 2. The lowest BCUT2D eigenvalue weighted by Gasteiger charge is -2.35. The largest absolute Gasteiger partial charge is 0.337 e. The van der Waals surface area contributed by atoms with Gasteiger partial charge < -0.3 is 14.3 Å². The maximum atomic E-state index is 13.0. The molecule has 0 spiro atoms. The fraction of sp³-hybridized carbons (Fsp3) is 0.524. The van der Waals surface area contributed by atoms with E-state index in [0.717, 1.165) is 31.2 Å². The predicted octanol–water partition coefficient (Wildman–Crippen LogP) is 4.09. The molecule has 1 saturated heterocycles. The van der Waals surface area contributed by atoms with Crippen molar-refractivity contribution in [1.29, 1.82) is 0 Å². The molecule has 2 heterocycles. The molecule has 1 fully saturated rings. The molecule has 2 amide bonds. The molecule has 1 aromatic carbocycles. The van der Waals surface area contributed by atoms with Crippen molar-refractivity contribution in [2.45, 2.75) is 52.0 Å². The van der Waals surface area contributed by atoms with Gasteiger partial charge in [-0.05, 0) is 49.9 Å². The highest BCUT2D eigenvalue weighted by molar-refractivity contribution is 6.30. The van der Waals surface area contributed by atoms with Gasteiger partial charge >= 0.3 is 0 Å². The number of benzene rings is 1. The maximum absolute atomic E-state index is 13.0. The van der Waals surface area contributed by atoms with E-state index in [2.05, 4.69) is 10.1 Å². The molecule has 1 atom stereocenters. The highest BCUT2D eigenvalue weighted by Crippen LogP contribution is 2.31. The predicted molar refractivity (Wildman–Crippen MR) is 110 cm³/mol. The van der Waals surface area contributed by atoms with Crippen LogP contribution in [0.4, 0.5) is 0 Å². The minimum absolute atomic E-state index is 0.00317. The number of piperidine rings is 1. The van der Waals surface area contributed by atoms with Crippen LogP contribution in [-0.2, 0) is 9.59 Å². The zero-order chi connectivity index (χ0) is 20.8. The molecule has 0 unspecified atom stereocenters. The van der Waals surface area contributed by atoms with Crippen molar-refractivity contribution < 1.29 is 14.1 Å². The Labute approximate surface area is 176 Å². The number of amides is 2. The van der Waals surface area contributed by atoms with E-state index in [0.29, 0.717) is 36.2 Å². The van der Waals surface area contributed by atoms with Gasteiger partial charge in [-0.25, -0.2) is 0 Å². The molecule has 0 saturated carbocycles. The SMILES string of the molecule is CCCN(CC(=O)N1CCCC[C@@H]1c1nc(-c2ccc(Cl)cc2)no1)C(=O)CC. The molecule has 1 aromatic heterocycles. The molecular weight excluding hydrogens is 392 g/mol. The van der Waals surface area contributed by atoms with E-state index in [1.807, 2.05) is 26.0 Å². The van der Waals surface area contributed by atoms with Crippen molar-refractivity contribution in [3.63, 3.8) is 0 Å². The minimum Gasteiger partial charge on any atom is -0.337 e. The Bertz CT molecular complexity index is 837. The summed E-state index contributed by atoms with van der Waals surface area (Å²) < 4.78 is 5.52. The van der Waals surface area contributed by atoms with Gasteiger partial charge in [0.25, 0.3) is 0 Å². The van der Waals surface area contributed by atoms with Gasteiger partial charge in [0, 0.05) is 30.1 Å². The second-order valence-electron chi connectivity index (χ2n) is 7.23. The van der Waals surface area contributed by atoms with Gasteiger partial charge in [0.05, 0.1) is 6.54 Å². The Kier molecular flexibility index (Phi) is 7.25. The van der Waals surface area contributed by atoms with Crippen LogP contribution in [0, 0.1) is 0 Å². The van der Waals surface area contributed by atoms with E-state index in [1.54, 1.807) is 21.9 Å². The first-order chi connectivity index (χ1) is 14.0. The molecule has 156 valence electrons. The van der Waals surface area contributed by atoms with Gasteiger partial charge in [-0.3, -0.25) is 9.59 Å². The molecule has 1 aliphatic heterocycles. The lowest BCUT2D eigenvalue weighted by atomic mass is 10.0. The zero-order valence-electron chi connectivity index (χ0n) is 16.9. The number of carbonyl (C=O) groups is 2. The van der Waals surface area contributed by atoms with Crippen molar-refractivity contribution in [2.75, 3.05) is 19.6 Å². The summed E-state index contributed by atoms with van der Waals surface area (Å²) in [5.74, 6) is 0.836. The summed E-state index contributed by atoms with van der Waals surface area (Å²) in [6.45, 7) is 5.12. The fourth-order valence-electron chi connectivity index (χ4n) is 3.61. The van der Waals surface area contributed by atoms with Crippen molar-refractivity contribution >= 4 is 23.4 Å². The number of hydrogen-bond acceptors (Lipinski definition) is 5. The van der Waals surface area contributed by atoms with Crippen LogP contribution in [-0.4, -0.2) is 51.4 Å². The first-order valence-electron chi connectivity index (χ1n) is 10.2. The van der Waals surface area contributed by atoms with Crippen molar-refractivity contribution in [1.82, 2.24) is 19.9 Å². The van der Waals surface area contributed by atoms with Gasteiger partial charge in [0.15, 0.2) is 0 Å². The Morgan fingerprint density at radius 3 is 2.69 bits per heavy atom. The Balaban J connectivity index is 1.76. The van der Waals surface area contributed by atoms with E-state index >= 15 is 0 Å². The van der Waals surface area contributed by atoms with Crippen LogP contribution >= 0.6 is 11.6 Å². The minimum atomic E-state index is -0.259. The van der Waals surface area contributed by atoms with Crippen LogP contribution in [0.1, 0.15) is 57.9 Å². The summed E-state index contributed by atoms with van der Waals surface area (Å²) in [6, 6.07) is 6.96. The average molecular weight is 419 g/mol. The van der Waals surface area contributed by atoms with Gasteiger partial charge in [0.2, 0.25) is 23.5 Å². The van der Waals surface area contributed by atoms with Crippen LogP contribution in [0.3, 0.4) is 0 Å². The van der Waals surface area contributed by atoms with E-state index in [9.17, 15) is 9.59 Å². The van der Waals surface area contributed by atoms with E-state index in [-0.39, 0.29) is 24.4 Å². The molecule has 7 nitrogen and oxygen atoms in total. The number of halogens is 1. The number of hydrogen-bond donors (Lipinski definition) is 0. The van der Waals surface area contributed by atoms with Gasteiger partial charge in [0.1, 0.15) is 6.04 Å². The van der Waals surface area contributed by atoms with Crippen molar-refractivity contribution in [3.8, 4) is 11.4 Å². The monoisotopic (exact) mass is 418 g/mol. The number of nitrogens with zero attached hydrogens (tertiary/aromatic N) is 4. The number of carbonyl (C=O) groups excluding carboxylic acids is 2. The average Bonchev–Trinajstić information content (AvgIpc) is 3.23. The summed E-state index contributed by atoms with van der Waals surface area (Å²) in [5, 5.41) is 4.72. The third-order valence-corrected chi connectivity index (χ3v) is 5.38. The van der Waals surface area contributed by atoms with Crippen LogP contribution in [0.5, 0.6) is 0 Å². The van der Waals surface area contributed by atoms with Gasteiger partial charge in [-0.2, -0.15) is 4.98 Å². The standard InChI is InChI=1S/C21H27ClN4O3/c1-3-12-25(18(27)4-2)14-19(28)26-13-6-5-7-17(26)21-23-20(24-29-21)15-8-10-16(22)11-9-15/h8-11,17H,3-7,12-14H2,1-2H3/t17-/m1/s1. The highest BCUT2D eigenvalue weighted by Gasteiger charge is 2.33. The highest BCUT2D eigenvalue weighted by atomic mass is 35.5. The molecule has 0 radical (unpaired) electrons. The third kappa shape index (κ3) is 5.15. The maximum Gasteiger partial charge on any atom is 0.249 e. The smallest absolute Gasteiger partial charge is 0.249 e. The molecule has 0 N–H and O–H groups in total. The first-order valence-corrected chi connectivity index (χ1v) is 10.6. The molecule has 0 aliphatic carbocycles. The van der Waals surface area contributed by atoms with E-state index < -0.39 is 0 Å². The number of likely N-dealkylation sites (tertiary alicyclic amines) is 1. The molecular formula is C21H27ClN4O3. The molecule has 8 heteroatoms. The Morgan fingerprint density at radius 2 is 2.00 bits per heavy atom. The van der Waals surface area contributed by atoms with Gasteiger partial charge in [-0.1, -0.05) is 30.6 Å². The summed E-state index contributed by atoms with van der Waals surface area (Å²) in [4.78, 5) is 33.2. The Morgan fingerprint density at radius 1 is 1.24 bits per heavy atom. The van der Waals surface area contributed by atoms with Crippen LogP contribution in [0.15, 0.2) is 28.8 Å². The fourth-order valence-corrected chi connectivity index (χ4v) is 3.74. The normalized spacial score (nSPS) is 16.7. The van der Waals surface area contributed by atoms with Crippen LogP contribution < -0.4 is 0 Å². The molecule has 0 bridgehead atoms. The molecule has 3 rings (SSSR count). The molecule has 29 heavy (non-hydrogen) atoms. The second-order valence-corrected chi connectivity index (χ2v) is 7.67. The van der Waals surface area contributed by atoms with E-state index in [1.165, 1.54) is 0 Å². The first kappa shape index (κ1) is 21.3. The van der Waals surface area contributed by atoms with Crippen molar-refractivity contribution in [3.05, 3.63) is 35.2 Å². The van der Waals surface area contributed by atoms with Crippen molar-refractivity contribution in [2.24, 2.45) is 0 Å². The zero-order valence-corrected chi connectivity index (χ0v) is 17.7. The summed E-state index contributed by atoms with van der Waals surface area (Å²) in [5.41, 5.74) is 0.806. The lowest BCUT2D eigenvalue weighted by molar-refractivity contribution is -0.143. The van der Waals surface area contributed by atoms with Crippen LogP contribution in [0.2, 0.25) is 5.02 Å². The lowest BCUT2D eigenvalue weighted by Crippen LogP contribution is -2.46. The summed E-state index contributed by atoms with van der Waals surface area (Å²) in [6.07, 6.45) is 3.89. The quantitative estimate of drug-likeness (QED) is 0.676. The van der Waals surface area contributed by atoms with Crippen LogP contribution in [0.25, 0.3) is 11.4 Å². The summed E-state index contributed by atoms with van der Waals surface area (Å²) in [7, 11) is 0. The Hall–Kier alpha value is -2.41. The second kappa shape index (κ2) is 9.87. The topological polar surface area (TPSA) is 79.5 Å². The third-order valence-electron chi connectivity index (χ3n) is 5.13. The molecule has 2 aromatic rings. The molecule has 1 aliphatic rings. The number of rotatable bonds is 7. The summed E-state index contributed by atoms with van der Waals surface area (Å²) >= 11 is 5.94. The van der Waals surface area contributed by atoms with Gasteiger partial charge in [-0.15, -0.1) is 0 Å². The van der Waals surface area contributed by atoms with E-state index in [4.69, 9.17) is 16.1 Å².